The van der Waals surface area contributed by atoms with Crippen molar-refractivity contribution in [2.75, 3.05) is 32.7 Å². The van der Waals surface area contributed by atoms with E-state index in [2.05, 4.69) is 0 Å². The summed E-state index contributed by atoms with van der Waals surface area (Å²) in [5.41, 5.74) is 7.43. The monoisotopic (exact) mass is 237 g/mol. The van der Waals surface area contributed by atoms with Gasteiger partial charge in [-0.15, -0.1) is 0 Å². The first-order valence-corrected chi connectivity index (χ1v) is 5.87. The van der Waals surface area contributed by atoms with Gasteiger partial charge in [-0.3, -0.25) is 0 Å². The zero-order chi connectivity index (χ0) is 12.1. The summed E-state index contributed by atoms with van der Waals surface area (Å²) in [6.07, 6.45) is 1.10. The SMILES string of the molecule is COc1cc(N)ccc1COCC1CCOC1. The largest absolute Gasteiger partial charge is 0.496 e. The van der Waals surface area contributed by atoms with Crippen molar-refractivity contribution in [1.29, 1.82) is 0 Å². The Morgan fingerprint density at radius 1 is 1.47 bits per heavy atom. The fourth-order valence-electron chi connectivity index (χ4n) is 1.93. The lowest BCUT2D eigenvalue weighted by Crippen LogP contribution is -2.09. The second-order valence-electron chi connectivity index (χ2n) is 4.32. The first-order chi connectivity index (χ1) is 8.29. The molecule has 4 heteroatoms. The lowest BCUT2D eigenvalue weighted by molar-refractivity contribution is 0.0780. The van der Waals surface area contributed by atoms with E-state index in [1.54, 1.807) is 7.11 Å². The molecule has 1 saturated heterocycles. The number of ether oxygens (including phenoxy) is 3. The fraction of sp³-hybridized carbons (Fsp3) is 0.538. The normalized spacial score (nSPS) is 19.5. The summed E-state index contributed by atoms with van der Waals surface area (Å²) in [6, 6.07) is 5.62. The van der Waals surface area contributed by atoms with Gasteiger partial charge in [0, 0.05) is 29.8 Å². The maximum absolute atomic E-state index is 5.69. The standard InChI is InChI=1S/C13H19NO3/c1-15-13-6-12(14)3-2-11(13)9-17-8-10-4-5-16-7-10/h2-3,6,10H,4-5,7-9,14H2,1H3. The number of nitrogen functional groups attached to an aromatic ring is 1. The van der Waals surface area contributed by atoms with E-state index in [1.165, 1.54) is 0 Å². The summed E-state index contributed by atoms with van der Waals surface area (Å²) in [6.45, 7) is 2.98. The van der Waals surface area contributed by atoms with Crippen LogP contribution in [0.15, 0.2) is 18.2 Å². The van der Waals surface area contributed by atoms with E-state index in [9.17, 15) is 0 Å². The Balaban J connectivity index is 1.85. The van der Waals surface area contributed by atoms with E-state index in [0.717, 1.165) is 37.6 Å². The number of rotatable bonds is 5. The van der Waals surface area contributed by atoms with Crippen LogP contribution in [0.25, 0.3) is 0 Å². The van der Waals surface area contributed by atoms with Gasteiger partial charge in [0.05, 0.1) is 26.9 Å². The summed E-state index contributed by atoms with van der Waals surface area (Å²) >= 11 is 0. The molecule has 1 aromatic rings. The maximum atomic E-state index is 5.69. The highest BCUT2D eigenvalue weighted by molar-refractivity contribution is 5.48. The number of hydrogen-bond acceptors (Lipinski definition) is 4. The van der Waals surface area contributed by atoms with Crippen molar-refractivity contribution in [2.24, 2.45) is 5.92 Å². The molecule has 1 atom stereocenters. The van der Waals surface area contributed by atoms with Crippen LogP contribution in [0.1, 0.15) is 12.0 Å². The van der Waals surface area contributed by atoms with Crippen molar-refractivity contribution < 1.29 is 14.2 Å². The molecule has 1 heterocycles. The fourth-order valence-corrected chi connectivity index (χ4v) is 1.93. The van der Waals surface area contributed by atoms with Gasteiger partial charge in [-0.2, -0.15) is 0 Å². The summed E-state index contributed by atoms with van der Waals surface area (Å²) in [7, 11) is 1.64. The Bertz CT molecular complexity index is 362. The molecule has 0 saturated carbocycles. The van der Waals surface area contributed by atoms with Crippen LogP contribution in [-0.4, -0.2) is 26.9 Å². The minimum Gasteiger partial charge on any atom is -0.496 e. The van der Waals surface area contributed by atoms with Crippen molar-refractivity contribution in [1.82, 2.24) is 0 Å². The molecule has 0 amide bonds. The predicted molar refractivity (Wildman–Crippen MR) is 66.0 cm³/mol. The Kier molecular flexibility index (Phi) is 4.23. The molecule has 2 rings (SSSR count). The zero-order valence-electron chi connectivity index (χ0n) is 10.1. The minimum atomic E-state index is 0.537. The summed E-state index contributed by atoms with van der Waals surface area (Å²) in [5.74, 6) is 1.32. The first-order valence-electron chi connectivity index (χ1n) is 5.87. The highest BCUT2D eigenvalue weighted by Gasteiger charge is 2.15. The van der Waals surface area contributed by atoms with Crippen LogP contribution >= 0.6 is 0 Å². The molecule has 1 unspecified atom stereocenters. The third-order valence-electron chi connectivity index (χ3n) is 2.95. The van der Waals surface area contributed by atoms with Gasteiger partial charge in [0.15, 0.2) is 0 Å². The predicted octanol–water partition coefficient (Wildman–Crippen LogP) is 1.83. The molecule has 0 bridgehead atoms. The van der Waals surface area contributed by atoms with Gasteiger partial charge in [0.2, 0.25) is 0 Å². The van der Waals surface area contributed by atoms with Crippen molar-refractivity contribution in [3.05, 3.63) is 23.8 Å². The molecule has 2 N–H and O–H groups in total. The second-order valence-corrected chi connectivity index (χ2v) is 4.32. The van der Waals surface area contributed by atoms with Crippen molar-refractivity contribution in [3.8, 4) is 5.75 Å². The Labute approximate surface area is 102 Å². The van der Waals surface area contributed by atoms with Gasteiger partial charge in [0.25, 0.3) is 0 Å². The molecule has 0 radical (unpaired) electrons. The van der Waals surface area contributed by atoms with Crippen LogP contribution in [0.4, 0.5) is 5.69 Å². The van der Waals surface area contributed by atoms with Crippen LogP contribution in [0.3, 0.4) is 0 Å². The van der Waals surface area contributed by atoms with Crippen LogP contribution in [0, 0.1) is 5.92 Å². The number of methoxy groups -OCH3 is 1. The average Bonchev–Trinajstić information content (AvgIpc) is 2.84. The van der Waals surface area contributed by atoms with Gasteiger partial charge in [-0.05, 0) is 12.5 Å². The number of anilines is 1. The van der Waals surface area contributed by atoms with E-state index >= 15 is 0 Å². The lowest BCUT2D eigenvalue weighted by Gasteiger charge is -2.12. The minimum absolute atomic E-state index is 0.537. The number of nitrogens with two attached hydrogens (primary N) is 1. The molecule has 0 aromatic heterocycles. The highest BCUT2D eigenvalue weighted by atomic mass is 16.5. The van der Waals surface area contributed by atoms with Crippen molar-refractivity contribution >= 4 is 5.69 Å². The molecule has 17 heavy (non-hydrogen) atoms. The van der Waals surface area contributed by atoms with Crippen LogP contribution < -0.4 is 10.5 Å². The van der Waals surface area contributed by atoms with Gasteiger partial charge in [-0.1, -0.05) is 6.07 Å². The lowest BCUT2D eigenvalue weighted by atomic mass is 10.1. The molecule has 0 spiro atoms. The van der Waals surface area contributed by atoms with Crippen molar-refractivity contribution in [2.45, 2.75) is 13.0 Å². The van der Waals surface area contributed by atoms with Gasteiger partial charge in [-0.25, -0.2) is 0 Å². The van der Waals surface area contributed by atoms with Crippen LogP contribution in [-0.2, 0) is 16.1 Å². The molecule has 1 aliphatic rings. The zero-order valence-corrected chi connectivity index (χ0v) is 10.1. The van der Waals surface area contributed by atoms with Gasteiger partial charge in [0.1, 0.15) is 5.75 Å². The summed E-state index contributed by atoms with van der Waals surface area (Å²) < 4.78 is 16.2. The topological polar surface area (TPSA) is 53.7 Å². The second kappa shape index (κ2) is 5.89. The van der Waals surface area contributed by atoms with E-state index < -0.39 is 0 Å². The van der Waals surface area contributed by atoms with Gasteiger partial charge >= 0.3 is 0 Å². The first kappa shape index (κ1) is 12.2. The van der Waals surface area contributed by atoms with E-state index in [0.29, 0.717) is 18.2 Å². The Hall–Kier alpha value is -1.26. The molecule has 1 fully saturated rings. The molecular weight excluding hydrogens is 218 g/mol. The third-order valence-corrected chi connectivity index (χ3v) is 2.95. The maximum Gasteiger partial charge on any atom is 0.126 e. The smallest absolute Gasteiger partial charge is 0.126 e. The van der Waals surface area contributed by atoms with E-state index in [1.807, 2.05) is 18.2 Å². The quantitative estimate of drug-likeness (QED) is 0.794. The van der Waals surface area contributed by atoms with Crippen LogP contribution in [0.2, 0.25) is 0 Å². The van der Waals surface area contributed by atoms with E-state index in [4.69, 9.17) is 19.9 Å². The van der Waals surface area contributed by atoms with Crippen molar-refractivity contribution in [3.63, 3.8) is 0 Å². The molecule has 4 nitrogen and oxygen atoms in total. The summed E-state index contributed by atoms with van der Waals surface area (Å²) in [5, 5.41) is 0. The summed E-state index contributed by atoms with van der Waals surface area (Å²) in [4.78, 5) is 0. The molecule has 1 aliphatic heterocycles. The Morgan fingerprint density at radius 3 is 3.06 bits per heavy atom. The van der Waals surface area contributed by atoms with E-state index in [-0.39, 0.29) is 0 Å². The Morgan fingerprint density at radius 2 is 2.35 bits per heavy atom. The average molecular weight is 237 g/mol. The molecular formula is C13H19NO3. The van der Waals surface area contributed by atoms with Gasteiger partial charge < -0.3 is 19.9 Å². The molecule has 0 aliphatic carbocycles. The van der Waals surface area contributed by atoms with Crippen LogP contribution in [0.5, 0.6) is 5.75 Å². The highest BCUT2D eigenvalue weighted by Crippen LogP contribution is 2.22. The molecule has 1 aromatic carbocycles. The number of benzene rings is 1. The molecule has 94 valence electrons. The third kappa shape index (κ3) is 3.35. The number of hydrogen-bond donors (Lipinski definition) is 1.